The van der Waals surface area contributed by atoms with Crippen LogP contribution in [-0.2, 0) is 25.2 Å². The van der Waals surface area contributed by atoms with Crippen LogP contribution >= 0.6 is 0 Å². The lowest BCUT2D eigenvalue weighted by Crippen LogP contribution is -2.48. The minimum Gasteiger partial charge on any atom is -0.458 e. The monoisotopic (exact) mass is 275 g/mol. The molecule has 0 fully saturated rings. The van der Waals surface area contributed by atoms with E-state index < -0.39 is 28.0 Å². The molecule has 0 amide bonds. The normalized spacial score (nSPS) is 23.1. The summed E-state index contributed by atoms with van der Waals surface area (Å²) in [6, 6.07) is 0. The van der Waals surface area contributed by atoms with Crippen molar-refractivity contribution in [1.82, 2.24) is 4.72 Å². The molecule has 0 bridgehead atoms. The predicted octanol–water partition coefficient (Wildman–Crippen LogP) is 0.811. The fourth-order valence-corrected chi connectivity index (χ4v) is 2.03. The Balaban J connectivity index is 2.69. The zero-order chi connectivity index (χ0) is 13.8. The van der Waals surface area contributed by atoms with Crippen LogP contribution in [0, 0.1) is 0 Å². The average Bonchev–Trinajstić information content (AvgIpc) is 2.76. The third kappa shape index (κ3) is 4.49. The smallest absolute Gasteiger partial charge is 0.342 e. The molecular formula is C11H21N3O3S. The first-order chi connectivity index (χ1) is 8.27. The van der Waals surface area contributed by atoms with Crippen LogP contribution in [0.4, 0.5) is 0 Å². The molecule has 2 atom stereocenters. The number of ether oxygens (including phenoxy) is 1. The van der Waals surface area contributed by atoms with E-state index in [9.17, 15) is 4.79 Å². The molecule has 0 aromatic carbocycles. The zero-order valence-corrected chi connectivity index (χ0v) is 12.0. The van der Waals surface area contributed by atoms with E-state index in [2.05, 4.69) is 9.25 Å². The Kier molecular flexibility index (Phi) is 5.03. The summed E-state index contributed by atoms with van der Waals surface area (Å²) in [5.41, 5.74) is 3.76. The van der Waals surface area contributed by atoms with Gasteiger partial charge >= 0.3 is 5.97 Å². The lowest BCUT2D eigenvalue weighted by molar-refractivity contribution is -0.180. The first kappa shape index (κ1) is 15.3. The highest BCUT2D eigenvalue weighted by atomic mass is 32.2. The van der Waals surface area contributed by atoms with Crippen LogP contribution in [0.1, 0.15) is 27.7 Å². The number of carbonyl (C=O) groups is 1. The molecule has 1 heterocycles. The van der Waals surface area contributed by atoms with Crippen LogP contribution in [-0.4, -0.2) is 30.3 Å². The van der Waals surface area contributed by atoms with Crippen molar-refractivity contribution < 1.29 is 14.4 Å². The molecule has 0 saturated carbocycles. The van der Waals surface area contributed by atoms with Crippen LogP contribution < -0.4 is 10.5 Å². The zero-order valence-electron chi connectivity index (χ0n) is 11.2. The third-order valence-corrected chi connectivity index (χ3v) is 3.26. The summed E-state index contributed by atoms with van der Waals surface area (Å²) in [5.74, 6) is -0.506. The molecule has 0 saturated heterocycles. The minimum absolute atomic E-state index is 0.00628. The van der Waals surface area contributed by atoms with Gasteiger partial charge in [0.25, 0.3) is 0 Å². The molecule has 6 nitrogen and oxygen atoms in total. The largest absolute Gasteiger partial charge is 0.458 e. The van der Waals surface area contributed by atoms with Gasteiger partial charge in [0, 0.05) is 24.0 Å². The Morgan fingerprint density at radius 1 is 1.50 bits per heavy atom. The number of rotatable bonds is 4. The van der Waals surface area contributed by atoms with Gasteiger partial charge in [0.1, 0.15) is 5.60 Å². The Bertz CT molecular complexity index is 376. The Hall–Kier alpha value is -0.760. The van der Waals surface area contributed by atoms with Gasteiger partial charge in [-0.05, 0) is 33.1 Å². The molecule has 1 rings (SSSR count). The van der Waals surface area contributed by atoms with E-state index >= 15 is 0 Å². The third-order valence-electron chi connectivity index (χ3n) is 2.11. The molecule has 18 heavy (non-hydrogen) atoms. The van der Waals surface area contributed by atoms with Gasteiger partial charge in [0.2, 0.25) is 5.60 Å². The second-order valence-electron chi connectivity index (χ2n) is 5.14. The van der Waals surface area contributed by atoms with Gasteiger partial charge in [0.05, 0.1) is 0 Å². The van der Waals surface area contributed by atoms with E-state index in [0.717, 1.165) is 6.54 Å². The number of hydrogen-bond acceptors (Lipinski definition) is 5. The van der Waals surface area contributed by atoms with Crippen molar-refractivity contribution in [1.29, 1.82) is 0 Å². The summed E-state index contributed by atoms with van der Waals surface area (Å²) >= 11 is 0. The van der Waals surface area contributed by atoms with Crippen molar-refractivity contribution in [3.63, 3.8) is 0 Å². The summed E-state index contributed by atoms with van der Waals surface area (Å²) in [6.07, 6.45) is 1.95. The summed E-state index contributed by atoms with van der Waals surface area (Å²) < 4.78 is 12.3. The lowest BCUT2D eigenvalue weighted by atomic mass is 10.1. The van der Waals surface area contributed by atoms with Gasteiger partial charge in [-0.1, -0.05) is 10.6 Å². The maximum Gasteiger partial charge on any atom is 0.342 e. The number of carbonyl (C=O) groups excluding carboxylic acids is 1. The Morgan fingerprint density at radius 2 is 2.17 bits per heavy atom. The van der Waals surface area contributed by atoms with Gasteiger partial charge in [-0.15, -0.1) is 0 Å². The molecule has 1 aliphatic rings. The van der Waals surface area contributed by atoms with Gasteiger partial charge < -0.3 is 10.5 Å². The number of hydrogen-bond donors (Lipinski definition) is 2. The van der Waals surface area contributed by atoms with Gasteiger partial charge in [0.15, 0.2) is 0 Å². The predicted molar refractivity (Wildman–Crippen MR) is 71.3 cm³/mol. The standard InChI is InChI=1S/C11H21N3O3S/c1-10(2,3)16-9(15)11(4,8-12)17-14-18-7-5-6-13-18/h5,7H,6,8,12H2,1-4H3,(H,13,14). The highest BCUT2D eigenvalue weighted by Crippen LogP contribution is 2.18. The van der Waals surface area contributed by atoms with Crippen molar-refractivity contribution >= 4 is 16.8 Å². The van der Waals surface area contributed by atoms with E-state index in [1.807, 2.05) is 11.5 Å². The molecule has 0 aromatic heterocycles. The molecule has 2 unspecified atom stereocenters. The fourth-order valence-electron chi connectivity index (χ4n) is 1.04. The van der Waals surface area contributed by atoms with Crippen molar-refractivity contribution in [3.8, 4) is 0 Å². The minimum atomic E-state index is -1.25. The molecule has 0 aromatic rings. The van der Waals surface area contributed by atoms with Crippen LogP contribution in [0.3, 0.4) is 0 Å². The van der Waals surface area contributed by atoms with Gasteiger partial charge in [-0.2, -0.15) is 0 Å². The van der Waals surface area contributed by atoms with Crippen LogP contribution in [0.15, 0.2) is 16.0 Å². The molecule has 0 spiro atoms. The highest BCUT2D eigenvalue weighted by molar-refractivity contribution is 7.88. The summed E-state index contributed by atoms with van der Waals surface area (Å²) in [5, 5.41) is 1.88. The maximum absolute atomic E-state index is 12.0. The second kappa shape index (κ2) is 5.92. The lowest BCUT2D eigenvalue weighted by Gasteiger charge is -2.28. The second-order valence-corrected chi connectivity index (χ2v) is 6.48. The topological polar surface area (TPSA) is 85.9 Å². The molecule has 3 N–H and O–H groups in total. The number of nitrogens with two attached hydrogens (primary N) is 1. The molecule has 0 aliphatic carbocycles. The SMILES string of the molecule is CC(C)(C)OC(=O)C(C)(CN)O/N=S1\C=CCN1. The number of nitrogens with one attached hydrogen (secondary N) is 1. The maximum atomic E-state index is 12.0. The molecular weight excluding hydrogens is 254 g/mol. The number of nitrogens with zero attached hydrogens (tertiary/aromatic N) is 1. The van der Waals surface area contributed by atoms with E-state index in [0.29, 0.717) is 0 Å². The quantitative estimate of drug-likeness (QED) is 0.586. The van der Waals surface area contributed by atoms with E-state index in [1.54, 1.807) is 27.7 Å². The number of esters is 1. The van der Waals surface area contributed by atoms with E-state index in [1.165, 1.54) is 0 Å². The first-order valence-electron chi connectivity index (χ1n) is 5.73. The van der Waals surface area contributed by atoms with Crippen LogP contribution in [0.5, 0.6) is 0 Å². The molecule has 1 aliphatic heterocycles. The van der Waals surface area contributed by atoms with Crippen molar-refractivity contribution in [2.45, 2.75) is 38.9 Å². The van der Waals surface area contributed by atoms with Crippen molar-refractivity contribution in [3.05, 3.63) is 11.5 Å². The summed E-state index contributed by atoms with van der Waals surface area (Å²) in [4.78, 5) is 17.3. The van der Waals surface area contributed by atoms with Crippen LogP contribution in [0.2, 0.25) is 0 Å². The molecule has 104 valence electrons. The Labute approximate surface area is 110 Å². The molecule has 0 radical (unpaired) electrons. The summed E-state index contributed by atoms with van der Waals surface area (Å²) in [7, 11) is -0.506. The molecule has 7 heteroatoms. The summed E-state index contributed by atoms with van der Waals surface area (Å²) in [6.45, 7) is 7.72. The van der Waals surface area contributed by atoms with Gasteiger partial charge in [-0.25, -0.2) is 14.4 Å². The van der Waals surface area contributed by atoms with Crippen molar-refractivity contribution in [2.24, 2.45) is 10.3 Å². The Morgan fingerprint density at radius 3 is 2.61 bits per heavy atom. The highest BCUT2D eigenvalue weighted by Gasteiger charge is 2.38. The first-order valence-corrected chi connectivity index (χ1v) is 6.97. The van der Waals surface area contributed by atoms with E-state index in [-0.39, 0.29) is 6.54 Å². The van der Waals surface area contributed by atoms with E-state index in [4.69, 9.17) is 15.3 Å². The van der Waals surface area contributed by atoms with Crippen molar-refractivity contribution in [2.75, 3.05) is 13.1 Å². The van der Waals surface area contributed by atoms with Gasteiger partial charge in [-0.3, -0.25) is 0 Å². The average molecular weight is 275 g/mol. The fraction of sp³-hybridized carbons (Fsp3) is 0.727. The van der Waals surface area contributed by atoms with Crippen LogP contribution in [0.25, 0.3) is 0 Å².